The maximum Gasteiger partial charge on any atom is 0.308 e. The van der Waals surface area contributed by atoms with Gasteiger partial charge in [0, 0.05) is 30.3 Å². The second-order valence-electron chi connectivity index (χ2n) is 5.23. The number of carboxylic acid groups (broad SMARTS) is 1. The third-order valence-electron chi connectivity index (χ3n) is 3.80. The number of non-ortho nitro benzene ring substituents is 1. The molecule has 21 heavy (non-hydrogen) atoms. The molecule has 1 fully saturated rings. The van der Waals surface area contributed by atoms with Gasteiger partial charge in [0.15, 0.2) is 0 Å². The fourth-order valence-electron chi connectivity index (χ4n) is 2.51. The Bertz CT molecular complexity index is 586. The second-order valence-corrected chi connectivity index (χ2v) is 5.23. The molecule has 0 spiro atoms. The van der Waals surface area contributed by atoms with Crippen LogP contribution >= 0.6 is 0 Å². The highest BCUT2D eigenvalue weighted by Crippen LogP contribution is 2.25. The predicted molar refractivity (Wildman–Crippen MR) is 74.0 cm³/mol. The average molecular weight is 292 g/mol. The minimum absolute atomic E-state index is 0.0765. The molecule has 1 aromatic rings. The number of carbonyl (C=O) groups is 2. The van der Waals surface area contributed by atoms with Gasteiger partial charge in [-0.1, -0.05) is 6.07 Å². The van der Waals surface area contributed by atoms with E-state index in [1.165, 1.54) is 29.2 Å². The van der Waals surface area contributed by atoms with Crippen molar-refractivity contribution >= 4 is 17.6 Å². The van der Waals surface area contributed by atoms with Crippen molar-refractivity contribution in [1.82, 2.24) is 4.90 Å². The monoisotopic (exact) mass is 292 g/mol. The number of hydrogen-bond donors (Lipinski definition) is 1. The van der Waals surface area contributed by atoms with Gasteiger partial charge in [0.1, 0.15) is 0 Å². The minimum Gasteiger partial charge on any atom is -0.481 e. The van der Waals surface area contributed by atoms with Crippen LogP contribution in [0.1, 0.15) is 30.1 Å². The number of nitro benzene ring substituents is 1. The molecule has 2 rings (SSSR count). The molecule has 0 radical (unpaired) electrons. The number of nitro groups is 1. The maximum absolute atomic E-state index is 12.5. The Kier molecular flexibility index (Phi) is 4.21. The van der Waals surface area contributed by atoms with E-state index in [4.69, 9.17) is 5.11 Å². The van der Waals surface area contributed by atoms with Crippen molar-refractivity contribution in [1.29, 1.82) is 0 Å². The normalized spacial score (nSPS) is 21.9. The van der Waals surface area contributed by atoms with Gasteiger partial charge in [-0.25, -0.2) is 0 Å². The fraction of sp³-hybridized carbons (Fsp3) is 0.429. The first-order valence-electron chi connectivity index (χ1n) is 6.68. The van der Waals surface area contributed by atoms with Gasteiger partial charge in [-0.15, -0.1) is 0 Å². The van der Waals surface area contributed by atoms with Gasteiger partial charge in [0.05, 0.1) is 10.8 Å². The van der Waals surface area contributed by atoms with Gasteiger partial charge in [-0.05, 0) is 25.8 Å². The first-order chi connectivity index (χ1) is 9.90. The topological polar surface area (TPSA) is 101 Å². The van der Waals surface area contributed by atoms with Crippen LogP contribution in [0.25, 0.3) is 0 Å². The largest absolute Gasteiger partial charge is 0.481 e. The molecule has 1 aliphatic rings. The summed E-state index contributed by atoms with van der Waals surface area (Å²) in [5.74, 6) is -1.86. The number of aliphatic carboxylic acids is 1. The Hall–Kier alpha value is -2.44. The van der Waals surface area contributed by atoms with Crippen molar-refractivity contribution in [3.05, 3.63) is 39.9 Å². The van der Waals surface area contributed by atoms with Crippen molar-refractivity contribution in [2.24, 2.45) is 5.92 Å². The van der Waals surface area contributed by atoms with Crippen LogP contribution in [0.5, 0.6) is 0 Å². The zero-order valence-electron chi connectivity index (χ0n) is 11.6. The van der Waals surface area contributed by atoms with Crippen LogP contribution in [0.4, 0.5) is 5.69 Å². The summed E-state index contributed by atoms with van der Waals surface area (Å²) in [4.78, 5) is 35.2. The molecule has 1 aliphatic heterocycles. The molecule has 112 valence electrons. The number of carboxylic acids is 1. The first kappa shape index (κ1) is 15.0. The van der Waals surface area contributed by atoms with Crippen molar-refractivity contribution in [3.63, 3.8) is 0 Å². The molecule has 2 atom stereocenters. The van der Waals surface area contributed by atoms with E-state index in [2.05, 4.69) is 0 Å². The third kappa shape index (κ3) is 3.18. The summed E-state index contributed by atoms with van der Waals surface area (Å²) in [6.07, 6.45) is 1.15. The fourth-order valence-corrected chi connectivity index (χ4v) is 2.51. The van der Waals surface area contributed by atoms with E-state index >= 15 is 0 Å². The van der Waals surface area contributed by atoms with E-state index in [0.29, 0.717) is 12.8 Å². The molecule has 7 nitrogen and oxygen atoms in total. The van der Waals surface area contributed by atoms with Gasteiger partial charge in [-0.3, -0.25) is 19.7 Å². The highest BCUT2D eigenvalue weighted by Gasteiger charge is 2.33. The molecule has 1 N–H and O–H groups in total. The molecule has 2 unspecified atom stereocenters. The van der Waals surface area contributed by atoms with E-state index < -0.39 is 16.8 Å². The summed E-state index contributed by atoms with van der Waals surface area (Å²) in [7, 11) is 0. The van der Waals surface area contributed by atoms with E-state index in [-0.39, 0.29) is 29.7 Å². The SMILES string of the molecule is CC1CCC(C(=O)O)CN1C(=O)c1cccc([N+](=O)[O-])c1. The number of piperidine rings is 1. The van der Waals surface area contributed by atoms with Crippen LogP contribution in [0.15, 0.2) is 24.3 Å². The summed E-state index contributed by atoms with van der Waals surface area (Å²) in [5, 5.41) is 19.8. The predicted octanol–water partition coefficient (Wildman–Crippen LogP) is 1.92. The van der Waals surface area contributed by atoms with Crippen molar-refractivity contribution in [3.8, 4) is 0 Å². The molecule has 1 aromatic carbocycles. The molecular weight excluding hydrogens is 276 g/mol. The maximum atomic E-state index is 12.5. The Balaban J connectivity index is 2.23. The Morgan fingerprint density at radius 2 is 2.10 bits per heavy atom. The second kappa shape index (κ2) is 5.90. The number of hydrogen-bond acceptors (Lipinski definition) is 4. The highest BCUT2D eigenvalue weighted by atomic mass is 16.6. The summed E-state index contributed by atoms with van der Waals surface area (Å²) < 4.78 is 0. The van der Waals surface area contributed by atoms with Gasteiger partial charge in [0.2, 0.25) is 0 Å². The van der Waals surface area contributed by atoms with Gasteiger partial charge in [0.25, 0.3) is 11.6 Å². The van der Waals surface area contributed by atoms with E-state index in [0.717, 1.165) is 0 Å². The standard InChI is InChI=1S/C14H16N2O5/c1-9-5-6-11(14(18)19)8-15(9)13(17)10-3-2-4-12(7-10)16(20)21/h2-4,7,9,11H,5-6,8H2,1H3,(H,18,19). The molecule has 0 bridgehead atoms. The number of rotatable bonds is 3. The number of carbonyl (C=O) groups excluding carboxylic acids is 1. The van der Waals surface area contributed by atoms with Crippen LogP contribution < -0.4 is 0 Å². The zero-order valence-corrected chi connectivity index (χ0v) is 11.6. The number of likely N-dealkylation sites (tertiary alicyclic amines) is 1. The lowest BCUT2D eigenvalue weighted by molar-refractivity contribution is -0.384. The Labute approximate surface area is 121 Å². The molecule has 0 aliphatic carbocycles. The summed E-state index contributed by atoms with van der Waals surface area (Å²) in [5.41, 5.74) is 0.0578. The van der Waals surface area contributed by atoms with Crippen LogP contribution in [-0.4, -0.2) is 39.4 Å². The van der Waals surface area contributed by atoms with Gasteiger partial charge in [-0.2, -0.15) is 0 Å². The molecule has 1 heterocycles. The van der Waals surface area contributed by atoms with Crippen molar-refractivity contribution in [2.45, 2.75) is 25.8 Å². The quantitative estimate of drug-likeness (QED) is 0.677. The third-order valence-corrected chi connectivity index (χ3v) is 3.80. The molecular formula is C14H16N2O5. The smallest absolute Gasteiger partial charge is 0.308 e. The van der Waals surface area contributed by atoms with Crippen molar-refractivity contribution < 1.29 is 19.6 Å². The number of nitrogens with zero attached hydrogens (tertiary/aromatic N) is 2. The van der Waals surface area contributed by atoms with Crippen LogP contribution in [0.3, 0.4) is 0 Å². The average Bonchev–Trinajstić information content (AvgIpc) is 2.47. The van der Waals surface area contributed by atoms with E-state index in [1.807, 2.05) is 6.92 Å². The first-order valence-corrected chi connectivity index (χ1v) is 6.68. The number of amides is 1. The lowest BCUT2D eigenvalue weighted by Crippen LogP contribution is -2.47. The molecule has 1 amide bonds. The number of benzene rings is 1. The van der Waals surface area contributed by atoms with Gasteiger partial charge >= 0.3 is 5.97 Å². The summed E-state index contributed by atoms with van der Waals surface area (Å²) in [6, 6.07) is 5.42. The van der Waals surface area contributed by atoms with Crippen LogP contribution in [-0.2, 0) is 4.79 Å². The molecule has 0 aromatic heterocycles. The van der Waals surface area contributed by atoms with Crippen molar-refractivity contribution in [2.75, 3.05) is 6.54 Å². The summed E-state index contributed by atoms with van der Waals surface area (Å²) in [6.45, 7) is 1.99. The highest BCUT2D eigenvalue weighted by molar-refractivity contribution is 5.95. The van der Waals surface area contributed by atoms with Crippen LogP contribution in [0.2, 0.25) is 0 Å². The Morgan fingerprint density at radius 1 is 1.38 bits per heavy atom. The zero-order chi connectivity index (χ0) is 15.6. The molecule has 0 saturated carbocycles. The molecule has 7 heteroatoms. The van der Waals surface area contributed by atoms with Crippen LogP contribution in [0, 0.1) is 16.0 Å². The Morgan fingerprint density at radius 3 is 2.71 bits per heavy atom. The van der Waals surface area contributed by atoms with E-state index in [1.54, 1.807) is 0 Å². The summed E-state index contributed by atoms with van der Waals surface area (Å²) >= 11 is 0. The lowest BCUT2D eigenvalue weighted by Gasteiger charge is -2.36. The minimum atomic E-state index is -0.918. The van der Waals surface area contributed by atoms with Gasteiger partial charge < -0.3 is 10.0 Å². The molecule has 1 saturated heterocycles. The lowest BCUT2D eigenvalue weighted by atomic mass is 9.93. The van der Waals surface area contributed by atoms with E-state index in [9.17, 15) is 19.7 Å².